The fourth-order valence-electron chi connectivity index (χ4n) is 13.6. The van der Waals surface area contributed by atoms with Crippen molar-refractivity contribution in [2.24, 2.45) is 52.8 Å². The van der Waals surface area contributed by atoms with Gasteiger partial charge in [0.25, 0.3) is 0 Å². The quantitative estimate of drug-likeness (QED) is 0.193. The van der Waals surface area contributed by atoms with E-state index in [1.165, 1.54) is 103 Å². The van der Waals surface area contributed by atoms with Gasteiger partial charge in [-0.3, -0.25) is 0 Å². The van der Waals surface area contributed by atoms with Crippen molar-refractivity contribution < 1.29 is 0 Å². The molecule has 3 fully saturated rings. The van der Waals surface area contributed by atoms with E-state index in [9.17, 15) is 0 Å². The monoisotopic (exact) mass is 712 g/mol. The molecule has 0 saturated heterocycles. The van der Waals surface area contributed by atoms with E-state index in [1.54, 1.807) is 27.8 Å². The third-order valence-electron chi connectivity index (χ3n) is 16.0. The van der Waals surface area contributed by atoms with Crippen LogP contribution in [-0.2, 0) is 19.3 Å². The van der Waals surface area contributed by atoms with Crippen LogP contribution in [-0.4, -0.2) is 0 Å². The van der Waals surface area contributed by atoms with Crippen LogP contribution in [0.2, 0.25) is 0 Å². The predicted molar refractivity (Wildman–Crippen MR) is 229 cm³/mol. The van der Waals surface area contributed by atoms with Gasteiger partial charge >= 0.3 is 0 Å². The van der Waals surface area contributed by atoms with Crippen molar-refractivity contribution in [3.05, 3.63) is 179 Å². The normalized spacial score (nSPS) is 31.3. The summed E-state index contributed by atoms with van der Waals surface area (Å²) < 4.78 is 0. The van der Waals surface area contributed by atoms with Gasteiger partial charge in [-0.25, -0.2) is 0 Å². The van der Waals surface area contributed by atoms with Gasteiger partial charge in [0.2, 0.25) is 0 Å². The molecule has 0 nitrogen and oxygen atoms in total. The van der Waals surface area contributed by atoms with E-state index in [2.05, 4.69) is 146 Å². The Hall–Kier alpha value is -4.68. The second-order valence-electron chi connectivity index (χ2n) is 18.5. The van der Waals surface area contributed by atoms with Gasteiger partial charge in [-0.05, 0) is 159 Å². The van der Waals surface area contributed by atoms with Crippen LogP contribution in [0.5, 0.6) is 0 Å². The third kappa shape index (κ3) is 4.95. The summed E-state index contributed by atoms with van der Waals surface area (Å²) in [5, 5.41) is 0. The minimum absolute atomic E-state index is 0.408. The average Bonchev–Trinajstić information content (AvgIpc) is 3.63. The SMILES string of the molecule is C1=CC2C=CC=C3c4c(c(-c5ccccc5)c5c(c4-c4ccccc4)CC4CC(CCCC5)C5C=C(C6C(Cc7ccccc7)C67CCC7)C=CC45)C(=C1)C32. The van der Waals surface area contributed by atoms with Crippen LogP contribution >= 0.6 is 0 Å². The summed E-state index contributed by atoms with van der Waals surface area (Å²) in [6, 6.07) is 34.5. The van der Waals surface area contributed by atoms with Gasteiger partial charge in [0.05, 0.1) is 0 Å². The van der Waals surface area contributed by atoms with Gasteiger partial charge < -0.3 is 0 Å². The van der Waals surface area contributed by atoms with Crippen molar-refractivity contribution in [2.75, 3.05) is 0 Å². The lowest BCUT2D eigenvalue weighted by Crippen LogP contribution is -2.21. The molecule has 3 saturated carbocycles. The molecule has 272 valence electrons. The highest BCUT2D eigenvalue weighted by Crippen LogP contribution is 2.74. The molecule has 0 amide bonds. The summed E-state index contributed by atoms with van der Waals surface area (Å²) in [6.45, 7) is 0. The summed E-state index contributed by atoms with van der Waals surface area (Å²) in [5.41, 5.74) is 19.2. The molecule has 1 spiro atoms. The van der Waals surface area contributed by atoms with E-state index in [0.29, 0.717) is 35.0 Å². The zero-order valence-electron chi connectivity index (χ0n) is 32.0. The zero-order chi connectivity index (χ0) is 36.1. The van der Waals surface area contributed by atoms with Crippen LogP contribution < -0.4 is 0 Å². The Morgan fingerprint density at radius 3 is 1.91 bits per heavy atom. The Morgan fingerprint density at radius 1 is 0.600 bits per heavy atom. The third-order valence-corrected chi connectivity index (χ3v) is 16.0. The fourth-order valence-corrected chi connectivity index (χ4v) is 13.6. The lowest BCUT2D eigenvalue weighted by molar-refractivity contribution is 0.245. The molecule has 0 heteroatoms. The zero-order valence-corrected chi connectivity index (χ0v) is 32.0. The van der Waals surface area contributed by atoms with E-state index in [1.807, 2.05) is 0 Å². The molecule has 0 aliphatic heterocycles. The van der Waals surface area contributed by atoms with Crippen LogP contribution in [0.4, 0.5) is 0 Å². The van der Waals surface area contributed by atoms with Gasteiger partial charge in [0, 0.05) is 11.8 Å². The number of hydrogen-bond donors (Lipinski definition) is 0. The number of fused-ring (bicyclic) bond motifs is 9. The second-order valence-corrected chi connectivity index (χ2v) is 18.5. The molecule has 0 radical (unpaired) electrons. The summed E-state index contributed by atoms with van der Waals surface area (Å²) in [6.07, 6.45) is 36.0. The molecule has 4 aromatic carbocycles. The Labute approximate surface area is 328 Å². The Balaban J connectivity index is 0.994. The summed E-state index contributed by atoms with van der Waals surface area (Å²) in [4.78, 5) is 0. The molecule has 2 bridgehead atoms. The molecule has 0 aromatic heterocycles. The highest BCUT2D eigenvalue weighted by molar-refractivity contribution is 6.08. The van der Waals surface area contributed by atoms with Gasteiger partial charge in [0.15, 0.2) is 0 Å². The largest absolute Gasteiger partial charge is 0.0803 e. The maximum atomic E-state index is 2.88. The molecular formula is C55H52. The molecule has 8 unspecified atom stereocenters. The van der Waals surface area contributed by atoms with Crippen molar-refractivity contribution in [1.82, 2.24) is 0 Å². The fraction of sp³-hybridized carbons (Fsp3) is 0.345. The molecule has 8 aliphatic rings. The molecule has 8 atom stereocenters. The summed E-state index contributed by atoms with van der Waals surface area (Å²) >= 11 is 0. The summed E-state index contributed by atoms with van der Waals surface area (Å²) in [5.74, 6) is 5.22. The van der Waals surface area contributed by atoms with Crippen molar-refractivity contribution in [3.8, 4) is 22.3 Å². The predicted octanol–water partition coefficient (Wildman–Crippen LogP) is 13.5. The first-order chi connectivity index (χ1) is 27.3. The van der Waals surface area contributed by atoms with Crippen LogP contribution in [0.25, 0.3) is 33.4 Å². The molecular weight excluding hydrogens is 661 g/mol. The van der Waals surface area contributed by atoms with Gasteiger partial charge in [-0.15, -0.1) is 0 Å². The first-order valence-electron chi connectivity index (χ1n) is 21.8. The maximum absolute atomic E-state index is 2.88. The second kappa shape index (κ2) is 12.7. The van der Waals surface area contributed by atoms with E-state index in [-0.39, 0.29) is 0 Å². The van der Waals surface area contributed by atoms with E-state index in [0.717, 1.165) is 17.8 Å². The van der Waals surface area contributed by atoms with Gasteiger partial charge in [-0.1, -0.05) is 159 Å². The molecule has 4 aromatic rings. The molecule has 0 heterocycles. The van der Waals surface area contributed by atoms with E-state index >= 15 is 0 Å². The standard InChI is InChI=1S/C55H52/c1-4-15-35(16-5-1)31-48-54(55(48)29-14-30-55)40-27-28-42-41-32-39(46(42)33-40)21-10-11-24-43-47(34-41)51(38-19-8-3-9-20-38)53-45-26-13-23-36-22-12-25-44(49(36)45)52(53)50(43)37-17-6-2-7-18-37/h1-9,12-13,15-20,22-23,25-28,33,36,39,41-42,46,48-49,54H,10-11,14,21,24,29-32,34H2. The van der Waals surface area contributed by atoms with Crippen LogP contribution in [0.1, 0.15) is 72.8 Å². The average molecular weight is 713 g/mol. The maximum Gasteiger partial charge on any atom is 0.0200 e. The smallest absolute Gasteiger partial charge is 0.0200 e. The summed E-state index contributed by atoms with van der Waals surface area (Å²) in [7, 11) is 0. The van der Waals surface area contributed by atoms with Crippen molar-refractivity contribution in [1.29, 1.82) is 0 Å². The lowest BCUT2D eigenvalue weighted by atomic mass is 9.73. The topological polar surface area (TPSA) is 0 Å². The van der Waals surface area contributed by atoms with Crippen LogP contribution in [0.15, 0.2) is 151 Å². The van der Waals surface area contributed by atoms with Gasteiger partial charge in [0.1, 0.15) is 0 Å². The van der Waals surface area contributed by atoms with Crippen LogP contribution in [0, 0.1) is 52.8 Å². The first kappa shape index (κ1) is 32.6. The number of allylic oxidation sites excluding steroid dienone is 12. The van der Waals surface area contributed by atoms with Crippen molar-refractivity contribution >= 4 is 11.1 Å². The molecule has 8 aliphatic carbocycles. The van der Waals surface area contributed by atoms with Crippen molar-refractivity contribution in [3.63, 3.8) is 0 Å². The minimum Gasteiger partial charge on any atom is -0.0803 e. The highest BCUT2D eigenvalue weighted by atomic mass is 14.7. The number of rotatable bonds is 5. The highest BCUT2D eigenvalue weighted by Gasteiger charge is 2.67. The van der Waals surface area contributed by atoms with Gasteiger partial charge in [-0.2, -0.15) is 0 Å². The number of benzene rings is 4. The molecule has 55 heavy (non-hydrogen) atoms. The van der Waals surface area contributed by atoms with E-state index < -0.39 is 0 Å². The first-order valence-corrected chi connectivity index (χ1v) is 21.8. The Kier molecular flexibility index (Phi) is 7.50. The number of hydrogen-bond acceptors (Lipinski definition) is 0. The lowest BCUT2D eigenvalue weighted by Gasteiger charge is -2.31. The van der Waals surface area contributed by atoms with E-state index in [4.69, 9.17) is 0 Å². The molecule has 0 N–H and O–H groups in total. The van der Waals surface area contributed by atoms with Crippen molar-refractivity contribution in [2.45, 2.75) is 64.2 Å². The Morgan fingerprint density at radius 2 is 1.25 bits per heavy atom. The Bertz CT molecular complexity index is 2360. The van der Waals surface area contributed by atoms with Crippen LogP contribution in [0.3, 0.4) is 0 Å². The minimum atomic E-state index is 0.408. The molecule has 12 rings (SSSR count).